The summed E-state index contributed by atoms with van der Waals surface area (Å²) in [6.45, 7) is 0.949. The number of benzene rings is 1. The molecule has 8 heteroatoms. The molecule has 1 aromatic rings. The maximum absolute atomic E-state index is 13.3. The second-order valence-corrected chi connectivity index (χ2v) is 3.80. The van der Waals surface area contributed by atoms with E-state index in [2.05, 4.69) is 0 Å². The third kappa shape index (κ3) is 3.63. The van der Waals surface area contributed by atoms with Crippen LogP contribution in [0.15, 0.2) is 18.2 Å². The molecule has 0 aliphatic rings. The minimum atomic E-state index is -5.03. The van der Waals surface area contributed by atoms with Gasteiger partial charge in [0.05, 0.1) is 0 Å². The van der Waals surface area contributed by atoms with E-state index in [1.807, 2.05) is 0 Å². The quantitative estimate of drug-likeness (QED) is 0.834. The summed E-state index contributed by atoms with van der Waals surface area (Å²) < 4.78 is 64.5. The Balaban J connectivity index is 3.18. The van der Waals surface area contributed by atoms with Crippen molar-refractivity contribution in [3.8, 4) is 0 Å². The van der Waals surface area contributed by atoms with Crippen LogP contribution in [-0.4, -0.2) is 23.3 Å². The number of hydrogen-bond donors (Lipinski definition) is 2. The van der Waals surface area contributed by atoms with Crippen molar-refractivity contribution in [2.45, 2.75) is 25.2 Å². The zero-order valence-corrected chi connectivity index (χ0v) is 9.63. The summed E-state index contributed by atoms with van der Waals surface area (Å²) in [5.41, 5.74) is -1.05. The summed E-state index contributed by atoms with van der Waals surface area (Å²) in [5.74, 6) is -4.50. The molecule has 2 atom stereocenters. The highest BCUT2D eigenvalue weighted by molar-refractivity contribution is 5.80. The minimum absolute atomic E-state index is 0.656. The normalized spacial score (nSPS) is 14.9. The lowest BCUT2D eigenvalue weighted by Gasteiger charge is -2.23. The first kappa shape index (κ1) is 15.4. The highest BCUT2D eigenvalue weighted by Gasteiger charge is 2.44. The summed E-state index contributed by atoms with van der Waals surface area (Å²) in [6.07, 6.45) is -6.74. The van der Waals surface area contributed by atoms with E-state index in [9.17, 15) is 26.7 Å². The van der Waals surface area contributed by atoms with Gasteiger partial charge in [0, 0.05) is 5.56 Å². The van der Waals surface area contributed by atoms with Crippen molar-refractivity contribution in [3.05, 3.63) is 35.4 Å². The molecular formula is C11H10F5NO2. The third-order valence-corrected chi connectivity index (χ3v) is 2.29. The second kappa shape index (κ2) is 5.52. The largest absolute Gasteiger partial charge is 0.412 e. The molecule has 0 spiro atoms. The molecule has 0 aliphatic carbocycles. The van der Waals surface area contributed by atoms with Crippen LogP contribution in [0.2, 0.25) is 0 Å². The van der Waals surface area contributed by atoms with Crippen molar-refractivity contribution >= 4 is 5.91 Å². The number of aliphatic hydroxyl groups excluding tert-OH is 1. The Hall–Kier alpha value is -1.70. The first-order valence-electron chi connectivity index (χ1n) is 5.13. The summed E-state index contributed by atoms with van der Waals surface area (Å²) >= 11 is 0. The highest BCUT2D eigenvalue weighted by atomic mass is 19.4. The van der Waals surface area contributed by atoms with Crippen LogP contribution in [0.3, 0.4) is 0 Å². The smallest absolute Gasteiger partial charge is 0.384 e. The van der Waals surface area contributed by atoms with E-state index in [1.54, 1.807) is 0 Å². The first-order valence-corrected chi connectivity index (χ1v) is 5.13. The molecule has 3 nitrogen and oxygen atoms in total. The van der Waals surface area contributed by atoms with Gasteiger partial charge in [-0.3, -0.25) is 4.79 Å². The van der Waals surface area contributed by atoms with Crippen molar-refractivity contribution in [2.24, 2.45) is 0 Å². The number of rotatable bonds is 3. The standard InChI is InChI=1S/C11H10F5NO2/c1-5(18)10(19)17-9(11(14,15)16)6-3-2-4-7(12)8(6)13/h2-5,9,18H,1H3,(H,17,19)/t5-,9-/m0/s1. The Labute approximate surface area is 105 Å². The second-order valence-electron chi connectivity index (χ2n) is 3.80. The van der Waals surface area contributed by atoms with E-state index < -0.39 is 41.4 Å². The molecule has 0 bridgehead atoms. The van der Waals surface area contributed by atoms with Crippen molar-refractivity contribution in [3.63, 3.8) is 0 Å². The predicted molar refractivity (Wildman–Crippen MR) is 55.0 cm³/mol. The van der Waals surface area contributed by atoms with Crippen LogP contribution in [0, 0.1) is 11.6 Å². The summed E-state index contributed by atoms with van der Waals surface area (Å²) in [5, 5.41) is 10.3. The third-order valence-electron chi connectivity index (χ3n) is 2.29. The lowest BCUT2D eigenvalue weighted by molar-refractivity contribution is -0.166. The molecule has 0 saturated carbocycles. The molecule has 0 unspecified atom stereocenters. The van der Waals surface area contributed by atoms with Gasteiger partial charge >= 0.3 is 6.18 Å². The number of carbonyl (C=O) groups is 1. The zero-order chi connectivity index (χ0) is 14.8. The zero-order valence-electron chi connectivity index (χ0n) is 9.63. The average Bonchev–Trinajstić information content (AvgIpc) is 2.28. The van der Waals surface area contributed by atoms with Gasteiger partial charge in [0.1, 0.15) is 6.10 Å². The van der Waals surface area contributed by atoms with Crippen LogP contribution in [-0.2, 0) is 4.79 Å². The fourth-order valence-electron chi connectivity index (χ4n) is 1.34. The SMILES string of the molecule is C[C@H](O)C(=O)N[C@@H](c1cccc(F)c1F)C(F)(F)F. The average molecular weight is 283 g/mol. The number of aliphatic hydroxyl groups is 1. The van der Waals surface area contributed by atoms with Gasteiger partial charge in [0.2, 0.25) is 5.91 Å². The Morgan fingerprint density at radius 2 is 1.89 bits per heavy atom. The Morgan fingerprint density at radius 3 is 2.37 bits per heavy atom. The van der Waals surface area contributed by atoms with Gasteiger partial charge in [-0.25, -0.2) is 8.78 Å². The molecule has 0 aromatic heterocycles. The van der Waals surface area contributed by atoms with Gasteiger partial charge in [-0.05, 0) is 13.0 Å². The molecule has 1 aromatic carbocycles. The van der Waals surface area contributed by atoms with Crippen molar-refractivity contribution in [1.82, 2.24) is 5.32 Å². The van der Waals surface area contributed by atoms with E-state index in [0.717, 1.165) is 13.0 Å². The minimum Gasteiger partial charge on any atom is -0.384 e. The monoisotopic (exact) mass is 283 g/mol. The van der Waals surface area contributed by atoms with Gasteiger partial charge in [-0.1, -0.05) is 12.1 Å². The lowest BCUT2D eigenvalue weighted by atomic mass is 10.1. The number of alkyl halides is 3. The van der Waals surface area contributed by atoms with Gasteiger partial charge in [-0.2, -0.15) is 13.2 Å². The molecular weight excluding hydrogens is 273 g/mol. The number of nitrogens with one attached hydrogen (secondary N) is 1. The lowest BCUT2D eigenvalue weighted by Crippen LogP contribution is -2.42. The molecule has 2 N–H and O–H groups in total. The summed E-state index contributed by atoms with van der Waals surface area (Å²) in [7, 11) is 0. The fourth-order valence-corrected chi connectivity index (χ4v) is 1.34. The van der Waals surface area contributed by atoms with Crippen molar-refractivity contribution < 1.29 is 31.9 Å². The summed E-state index contributed by atoms with van der Waals surface area (Å²) in [4.78, 5) is 11.1. The number of amides is 1. The highest BCUT2D eigenvalue weighted by Crippen LogP contribution is 2.34. The van der Waals surface area contributed by atoms with Gasteiger partial charge < -0.3 is 10.4 Å². The van der Waals surface area contributed by atoms with E-state index >= 15 is 0 Å². The maximum atomic E-state index is 13.3. The summed E-state index contributed by atoms with van der Waals surface area (Å²) in [6, 6.07) is -0.479. The van der Waals surface area contributed by atoms with Crippen LogP contribution in [0.5, 0.6) is 0 Å². The first-order chi connectivity index (χ1) is 8.64. The van der Waals surface area contributed by atoms with Crippen LogP contribution in [0.25, 0.3) is 0 Å². The van der Waals surface area contributed by atoms with E-state index in [-0.39, 0.29) is 0 Å². The number of halogens is 5. The van der Waals surface area contributed by atoms with Crippen LogP contribution >= 0.6 is 0 Å². The Morgan fingerprint density at radius 1 is 1.32 bits per heavy atom. The van der Waals surface area contributed by atoms with E-state index in [0.29, 0.717) is 12.1 Å². The molecule has 0 saturated heterocycles. The van der Waals surface area contributed by atoms with Crippen LogP contribution in [0.1, 0.15) is 18.5 Å². The molecule has 0 heterocycles. The van der Waals surface area contributed by atoms with Gasteiger partial charge in [0.15, 0.2) is 17.7 Å². The van der Waals surface area contributed by atoms with Gasteiger partial charge in [0.25, 0.3) is 0 Å². The molecule has 19 heavy (non-hydrogen) atoms. The fraction of sp³-hybridized carbons (Fsp3) is 0.364. The van der Waals surface area contributed by atoms with Crippen molar-refractivity contribution in [1.29, 1.82) is 0 Å². The molecule has 0 aliphatic heterocycles. The number of hydrogen-bond acceptors (Lipinski definition) is 2. The van der Waals surface area contributed by atoms with E-state index in [4.69, 9.17) is 5.11 Å². The topological polar surface area (TPSA) is 49.3 Å². The number of carbonyl (C=O) groups excluding carboxylic acids is 1. The van der Waals surface area contributed by atoms with Gasteiger partial charge in [-0.15, -0.1) is 0 Å². The maximum Gasteiger partial charge on any atom is 0.412 e. The van der Waals surface area contributed by atoms with Crippen molar-refractivity contribution in [2.75, 3.05) is 0 Å². The molecule has 0 fully saturated rings. The van der Waals surface area contributed by atoms with Crippen LogP contribution < -0.4 is 5.32 Å². The molecule has 1 amide bonds. The Kier molecular flexibility index (Phi) is 4.46. The predicted octanol–water partition coefficient (Wildman–Crippen LogP) is 2.07. The van der Waals surface area contributed by atoms with E-state index in [1.165, 1.54) is 5.32 Å². The van der Waals surface area contributed by atoms with Crippen LogP contribution in [0.4, 0.5) is 22.0 Å². The Bertz CT molecular complexity index is 473. The molecule has 106 valence electrons. The molecule has 0 radical (unpaired) electrons. The molecule has 1 rings (SSSR count).